The standard InChI is InChI=1S/C9H14O/c1-2-3-4-5-6-7-8-9-10/h5-6,10H,2-4,9H2,1H3. The molecule has 0 aromatic rings. The van der Waals surface area contributed by atoms with Crippen LogP contribution in [-0.4, -0.2) is 11.7 Å². The largest absolute Gasteiger partial charge is 0.384 e. The van der Waals surface area contributed by atoms with E-state index in [1.54, 1.807) is 6.08 Å². The van der Waals surface area contributed by atoms with Gasteiger partial charge in [-0.2, -0.15) is 0 Å². The third-order valence-electron chi connectivity index (χ3n) is 1.11. The lowest BCUT2D eigenvalue weighted by molar-refractivity contribution is 0.350. The number of hydrogen-bond acceptors (Lipinski definition) is 1. The number of aliphatic hydroxyl groups is 1. The molecule has 0 atom stereocenters. The Hall–Kier alpha value is -0.740. The van der Waals surface area contributed by atoms with Gasteiger partial charge in [-0.25, -0.2) is 0 Å². The minimum absolute atomic E-state index is 0.0435. The molecule has 0 aromatic heterocycles. The fraction of sp³-hybridized carbons (Fsp3) is 0.556. The van der Waals surface area contributed by atoms with Crippen molar-refractivity contribution in [1.29, 1.82) is 0 Å². The lowest BCUT2D eigenvalue weighted by Gasteiger charge is -1.83. The molecule has 0 heterocycles. The van der Waals surface area contributed by atoms with Crippen LogP contribution in [-0.2, 0) is 0 Å². The average molecular weight is 138 g/mol. The molecule has 0 aliphatic rings. The molecule has 0 aliphatic carbocycles. The van der Waals surface area contributed by atoms with Crippen molar-refractivity contribution in [3.8, 4) is 11.8 Å². The highest BCUT2D eigenvalue weighted by Crippen LogP contribution is 1.93. The Balaban J connectivity index is 3.19. The summed E-state index contributed by atoms with van der Waals surface area (Å²) in [7, 11) is 0. The first-order valence-electron chi connectivity index (χ1n) is 3.66. The Morgan fingerprint density at radius 1 is 1.50 bits per heavy atom. The monoisotopic (exact) mass is 138 g/mol. The van der Waals surface area contributed by atoms with E-state index in [2.05, 4.69) is 18.8 Å². The Bertz CT molecular complexity index is 137. The molecule has 0 bridgehead atoms. The number of allylic oxidation sites excluding steroid dienone is 2. The van der Waals surface area contributed by atoms with Gasteiger partial charge in [0.05, 0.1) is 0 Å². The fourth-order valence-corrected chi connectivity index (χ4v) is 0.569. The topological polar surface area (TPSA) is 20.2 Å². The Labute approximate surface area is 62.8 Å². The van der Waals surface area contributed by atoms with E-state index in [1.165, 1.54) is 12.8 Å². The average Bonchev–Trinajstić information content (AvgIpc) is 1.97. The molecule has 0 aromatic carbocycles. The molecule has 1 N–H and O–H groups in total. The normalized spacial score (nSPS) is 9.40. The van der Waals surface area contributed by atoms with E-state index in [9.17, 15) is 0 Å². The maximum atomic E-state index is 8.26. The molecule has 10 heavy (non-hydrogen) atoms. The van der Waals surface area contributed by atoms with Crippen LogP contribution in [0.1, 0.15) is 26.2 Å². The van der Waals surface area contributed by atoms with Gasteiger partial charge < -0.3 is 5.11 Å². The lowest BCUT2D eigenvalue weighted by atomic mass is 10.2. The molecule has 1 heteroatoms. The smallest absolute Gasteiger partial charge is 0.104 e. The highest BCUT2D eigenvalue weighted by atomic mass is 16.2. The van der Waals surface area contributed by atoms with E-state index in [1.807, 2.05) is 6.08 Å². The molecule has 56 valence electrons. The minimum Gasteiger partial charge on any atom is -0.384 e. The maximum absolute atomic E-state index is 8.26. The molecule has 0 amide bonds. The number of aliphatic hydroxyl groups excluding tert-OH is 1. The van der Waals surface area contributed by atoms with Crippen molar-refractivity contribution in [1.82, 2.24) is 0 Å². The van der Waals surface area contributed by atoms with Crippen LogP contribution in [0.2, 0.25) is 0 Å². The first kappa shape index (κ1) is 9.26. The summed E-state index contributed by atoms with van der Waals surface area (Å²) in [6.45, 7) is 2.12. The van der Waals surface area contributed by atoms with Gasteiger partial charge in [0.1, 0.15) is 6.61 Å². The summed E-state index contributed by atoms with van der Waals surface area (Å²) in [6, 6.07) is 0. The van der Waals surface area contributed by atoms with E-state index >= 15 is 0 Å². The van der Waals surface area contributed by atoms with Gasteiger partial charge in [0.2, 0.25) is 0 Å². The van der Waals surface area contributed by atoms with Crippen LogP contribution in [0.25, 0.3) is 0 Å². The van der Waals surface area contributed by atoms with Crippen molar-refractivity contribution in [2.75, 3.05) is 6.61 Å². The quantitative estimate of drug-likeness (QED) is 0.465. The summed E-state index contributed by atoms with van der Waals surface area (Å²) in [4.78, 5) is 0. The molecule has 0 unspecified atom stereocenters. The molecular formula is C9H14O. The van der Waals surface area contributed by atoms with Crippen molar-refractivity contribution in [3.63, 3.8) is 0 Å². The van der Waals surface area contributed by atoms with Crippen LogP contribution in [0.5, 0.6) is 0 Å². The van der Waals surface area contributed by atoms with E-state index < -0.39 is 0 Å². The molecule has 1 nitrogen and oxygen atoms in total. The van der Waals surface area contributed by atoms with E-state index in [0.29, 0.717) is 0 Å². The zero-order valence-electron chi connectivity index (χ0n) is 6.43. The van der Waals surface area contributed by atoms with Gasteiger partial charge in [0.15, 0.2) is 0 Å². The summed E-state index contributed by atoms with van der Waals surface area (Å²) in [6.07, 6.45) is 7.36. The third-order valence-corrected chi connectivity index (χ3v) is 1.11. The summed E-state index contributed by atoms with van der Waals surface area (Å²) < 4.78 is 0. The second kappa shape index (κ2) is 8.26. The highest BCUT2D eigenvalue weighted by molar-refractivity contribution is 5.14. The SMILES string of the molecule is CCCCC=CC#CCO. The highest BCUT2D eigenvalue weighted by Gasteiger charge is 1.74. The minimum atomic E-state index is -0.0435. The van der Waals surface area contributed by atoms with E-state index in [0.717, 1.165) is 6.42 Å². The molecule has 0 rings (SSSR count). The van der Waals surface area contributed by atoms with Crippen molar-refractivity contribution in [3.05, 3.63) is 12.2 Å². The van der Waals surface area contributed by atoms with E-state index in [4.69, 9.17) is 5.11 Å². The zero-order valence-corrected chi connectivity index (χ0v) is 6.43. The molecule has 0 spiro atoms. The van der Waals surface area contributed by atoms with Gasteiger partial charge in [-0.05, 0) is 12.5 Å². The summed E-state index contributed by atoms with van der Waals surface area (Å²) >= 11 is 0. The lowest BCUT2D eigenvalue weighted by Crippen LogP contribution is -1.69. The predicted octanol–water partition coefficient (Wildman–Crippen LogP) is 1.73. The third kappa shape index (κ3) is 7.26. The summed E-state index contributed by atoms with van der Waals surface area (Å²) in [5.41, 5.74) is 0. The molecule has 0 saturated carbocycles. The van der Waals surface area contributed by atoms with E-state index in [-0.39, 0.29) is 6.61 Å². The van der Waals surface area contributed by atoms with Crippen molar-refractivity contribution >= 4 is 0 Å². The Kier molecular flexibility index (Phi) is 7.65. The van der Waals surface area contributed by atoms with Gasteiger partial charge in [0.25, 0.3) is 0 Å². The fourth-order valence-electron chi connectivity index (χ4n) is 0.569. The summed E-state index contributed by atoms with van der Waals surface area (Å²) in [5, 5.41) is 8.26. The van der Waals surface area contributed by atoms with Gasteiger partial charge in [-0.15, -0.1) is 0 Å². The van der Waals surface area contributed by atoms with Crippen molar-refractivity contribution < 1.29 is 5.11 Å². The Morgan fingerprint density at radius 3 is 2.90 bits per heavy atom. The predicted molar refractivity (Wildman–Crippen MR) is 43.5 cm³/mol. The first-order valence-corrected chi connectivity index (χ1v) is 3.66. The van der Waals surface area contributed by atoms with Crippen LogP contribution in [0, 0.1) is 11.8 Å². The van der Waals surface area contributed by atoms with Gasteiger partial charge >= 0.3 is 0 Å². The number of hydrogen-bond donors (Lipinski definition) is 1. The van der Waals surface area contributed by atoms with Crippen LogP contribution in [0.3, 0.4) is 0 Å². The van der Waals surface area contributed by atoms with Crippen LogP contribution < -0.4 is 0 Å². The van der Waals surface area contributed by atoms with Crippen LogP contribution in [0.4, 0.5) is 0 Å². The van der Waals surface area contributed by atoms with Gasteiger partial charge in [0, 0.05) is 0 Å². The molecule has 0 fully saturated rings. The second-order valence-corrected chi connectivity index (χ2v) is 2.02. The summed E-state index contributed by atoms with van der Waals surface area (Å²) in [5.74, 6) is 5.26. The zero-order chi connectivity index (χ0) is 7.66. The van der Waals surface area contributed by atoms with Crippen molar-refractivity contribution in [2.45, 2.75) is 26.2 Å². The Morgan fingerprint density at radius 2 is 2.30 bits per heavy atom. The first-order chi connectivity index (χ1) is 4.91. The maximum Gasteiger partial charge on any atom is 0.104 e. The number of unbranched alkanes of at least 4 members (excludes halogenated alkanes) is 2. The van der Waals surface area contributed by atoms with Crippen LogP contribution in [0.15, 0.2) is 12.2 Å². The molecule has 0 aliphatic heterocycles. The van der Waals surface area contributed by atoms with Gasteiger partial charge in [-0.1, -0.05) is 37.7 Å². The van der Waals surface area contributed by atoms with Crippen LogP contribution >= 0.6 is 0 Å². The van der Waals surface area contributed by atoms with Crippen molar-refractivity contribution in [2.24, 2.45) is 0 Å². The molecule has 0 saturated heterocycles. The van der Waals surface area contributed by atoms with Gasteiger partial charge in [-0.3, -0.25) is 0 Å². The molecule has 0 radical (unpaired) electrons. The molecular weight excluding hydrogens is 124 g/mol. The second-order valence-electron chi connectivity index (χ2n) is 2.02. The number of rotatable bonds is 3.